The number of rotatable bonds is 4. The van der Waals surface area contributed by atoms with Crippen LogP contribution in [0.25, 0.3) is 10.9 Å². The Morgan fingerprint density at radius 2 is 1.79 bits per heavy atom. The smallest absolute Gasteiger partial charge is 0.246 e. The van der Waals surface area contributed by atoms with Crippen molar-refractivity contribution < 1.29 is 14.3 Å². The summed E-state index contributed by atoms with van der Waals surface area (Å²) >= 11 is 0. The lowest BCUT2D eigenvalue weighted by Gasteiger charge is -2.48. The molecular weight excluding hydrogens is 414 g/mol. The van der Waals surface area contributed by atoms with E-state index in [4.69, 9.17) is 4.74 Å². The number of aromatic amines is 1. The van der Waals surface area contributed by atoms with Crippen LogP contribution < -0.4 is 4.74 Å². The standard InChI is InChI=1S/C27H29N3O3/c1-2-33-23-14-8-6-12-19(23)26-25-20(18-11-5-7-13-21(18)28-25)15-22-27(32)29(16-24(31)30(22)26)17-9-3-4-10-17/h5-8,11-14,17,22,26,28H,2-4,9-10,15-16H2,1H3/t22-,26-/m0/s1. The van der Waals surface area contributed by atoms with E-state index >= 15 is 0 Å². The molecule has 0 spiro atoms. The van der Waals surface area contributed by atoms with Crippen molar-refractivity contribution in [1.29, 1.82) is 0 Å². The van der Waals surface area contributed by atoms with Crippen LogP contribution in [0.4, 0.5) is 0 Å². The van der Waals surface area contributed by atoms with Crippen molar-refractivity contribution in [2.75, 3.05) is 13.2 Å². The number of carbonyl (C=O) groups excluding carboxylic acids is 2. The summed E-state index contributed by atoms with van der Waals surface area (Å²) in [4.78, 5) is 34.8. The van der Waals surface area contributed by atoms with Crippen LogP contribution in [0, 0.1) is 0 Å². The summed E-state index contributed by atoms with van der Waals surface area (Å²) < 4.78 is 5.98. The van der Waals surface area contributed by atoms with Crippen LogP contribution in [0.2, 0.25) is 0 Å². The van der Waals surface area contributed by atoms with Crippen LogP contribution >= 0.6 is 0 Å². The number of ether oxygens (including phenoxy) is 1. The van der Waals surface area contributed by atoms with Crippen LogP contribution in [-0.2, 0) is 16.0 Å². The molecule has 2 fully saturated rings. The second-order valence-electron chi connectivity index (χ2n) is 9.36. The number of hydrogen-bond donors (Lipinski definition) is 1. The zero-order valence-corrected chi connectivity index (χ0v) is 18.9. The first-order chi connectivity index (χ1) is 16.2. The van der Waals surface area contributed by atoms with E-state index in [1.165, 1.54) is 0 Å². The highest BCUT2D eigenvalue weighted by molar-refractivity contribution is 5.98. The van der Waals surface area contributed by atoms with E-state index in [0.717, 1.165) is 59.2 Å². The summed E-state index contributed by atoms with van der Waals surface area (Å²) in [7, 11) is 0. The van der Waals surface area contributed by atoms with Crippen LogP contribution in [0.5, 0.6) is 5.75 Å². The minimum atomic E-state index is -0.488. The van der Waals surface area contributed by atoms with Crippen LogP contribution in [0.15, 0.2) is 48.5 Å². The Bertz CT molecular complexity index is 1230. The van der Waals surface area contributed by atoms with Gasteiger partial charge >= 0.3 is 0 Å². The fraction of sp³-hybridized carbons (Fsp3) is 0.407. The summed E-state index contributed by atoms with van der Waals surface area (Å²) in [5.74, 6) is 0.872. The second-order valence-corrected chi connectivity index (χ2v) is 9.36. The Hall–Kier alpha value is -3.28. The van der Waals surface area contributed by atoms with Crippen LogP contribution in [-0.4, -0.2) is 51.8 Å². The average molecular weight is 444 g/mol. The third-order valence-corrected chi connectivity index (χ3v) is 7.57. The Kier molecular flexibility index (Phi) is 4.89. The first kappa shape index (κ1) is 20.3. The first-order valence-corrected chi connectivity index (χ1v) is 12.1. The van der Waals surface area contributed by atoms with Gasteiger partial charge in [0.1, 0.15) is 24.4 Å². The minimum absolute atomic E-state index is 0.0205. The molecular formula is C27H29N3O3. The van der Waals surface area contributed by atoms with E-state index in [1.54, 1.807) is 0 Å². The van der Waals surface area contributed by atoms with E-state index in [0.29, 0.717) is 13.0 Å². The average Bonchev–Trinajstić information content (AvgIpc) is 3.49. The normalized spacial score (nSPS) is 23.2. The van der Waals surface area contributed by atoms with Crippen LogP contribution in [0.3, 0.4) is 0 Å². The van der Waals surface area contributed by atoms with Gasteiger partial charge in [-0.2, -0.15) is 0 Å². The highest BCUT2D eigenvalue weighted by atomic mass is 16.5. The van der Waals surface area contributed by atoms with Gasteiger partial charge in [0.25, 0.3) is 0 Å². The summed E-state index contributed by atoms with van der Waals surface area (Å²) in [6.07, 6.45) is 4.81. The van der Waals surface area contributed by atoms with Gasteiger partial charge in [0.05, 0.1) is 6.61 Å². The van der Waals surface area contributed by atoms with Gasteiger partial charge in [-0.3, -0.25) is 9.59 Å². The third kappa shape index (κ3) is 3.15. The summed E-state index contributed by atoms with van der Waals surface area (Å²) in [6, 6.07) is 15.4. The zero-order chi connectivity index (χ0) is 22.5. The Morgan fingerprint density at radius 3 is 2.61 bits per heavy atom. The van der Waals surface area contributed by atoms with Gasteiger partial charge in [0, 0.05) is 34.6 Å². The quantitative estimate of drug-likeness (QED) is 0.657. The molecule has 3 heterocycles. The van der Waals surface area contributed by atoms with Crippen molar-refractivity contribution in [3.05, 3.63) is 65.4 Å². The maximum atomic E-state index is 13.8. The van der Waals surface area contributed by atoms with Crippen LogP contribution in [0.1, 0.15) is 55.5 Å². The number of H-pyrrole nitrogens is 1. The summed E-state index contributed by atoms with van der Waals surface area (Å²) in [5, 5.41) is 1.13. The predicted molar refractivity (Wildman–Crippen MR) is 126 cm³/mol. The molecule has 1 aromatic heterocycles. The number of hydrogen-bond acceptors (Lipinski definition) is 3. The number of nitrogens with zero attached hydrogens (tertiary/aromatic N) is 2. The SMILES string of the molecule is CCOc1ccccc1[C@H]1c2[nH]c3ccccc3c2C[C@H]2C(=O)N(C3CCCC3)CC(=O)N12. The van der Waals surface area contributed by atoms with Gasteiger partial charge in [-0.1, -0.05) is 49.2 Å². The molecule has 170 valence electrons. The van der Waals surface area contributed by atoms with Gasteiger partial charge in [0.15, 0.2) is 0 Å². The van der Waals surface area contributed by atoms with Gasteiger partial charge in [0.2, 0.25) is 11.8 Å². The molecule has 1 saturated carbocycles. The molecule has 2 aromatic carbocycles. The Morgan fingerprint density at radius 1 is 1.03 bits per heavy atom. The number of aromatic nitrogens is 1. The maximum absolute atomic E-state index is 13.8. The van der Waals surface area contributed by atoms with Crippen molar-refractivity contribution in [2.45, 2.75) is 57.2 Å². The molecule has 1 saturated heterocycles. The predicted octanol–water partition coefficient (Wildman–Crippen LogP) is 4.19. The van der Waals surface area contributed by atoms with Gasteiger partial charge in [-0.25, -0.2) is 0 Å². The summed E-state index contributed by atoms with van der Waals surface area (Å²) in [6.45, 7) is 2.67. The molecule has 6 heteroatoms. The highest BCUT2D eigenvalue weighted by Crippen LogP contribution is 2.45. The van der Waals surface area contributed by atoms with E-state index in [-0.39, 0.29) is 30.4 Å². The first-order valence-electron chi connectivity index (χ1n) is 12.1. The fourth-order valence-electron chi connectivity index (χ4n) is 6.13. The van der Waals surface area contributed by atoms with Gasteiger partial charge < -0.3 is 19.5 Å². The number of benzene rings is 2. The van der Waals surface area contributed by atoms with Gasteiger partial charge in [-0.05, 0) is 37.5 Å². The third-order valence-electron chi connectivity index (χ3n) is 7.57. The number of piperazine rings is 1. The molecule has 3 aliphatic rings. The molecule has 2 atom stereocenters. The Labute approximate surface area is 193 Å². The molecule has 0 bridgehead atoms. The van der Waals surface area contributed by atoms with E-state index in [9.17, 15) is 9.59 Å². The van der Waals surface area contributed by atoms with E-state index in [2.05, 4.69) is 17.1 Å². The van der Waals surface area contributed by atoms with E-state index in [1.807, 2.05) is 53.1 Å². The molecule has 6 nitrogen and oxygen atoms in total. The van der Waals surface area contributed by atoms with E-state index < -0.39 is 6.04 Å². The van der Waals surface area contributed by atoms with Gasteiger partial charge in [-0.15, -0.1) is 0 Å². The van der Waals surface area contributed by atoms with Crippen molar-refractivity contribution in [3.8, 4) is 5.75 Å². The number of amides is 2. The number of fused-ring (bicyclic) bond motifs is 4. The lowest BCUT2D eigenvalue weighted by Crippen LogP contribution is -2.64. The van der Waals surface area contributed by atoms with Crippen molar-refractivity contribution in [3.63, 3.8) is 0 Å². The molecule has 0 radical (unpaired) electrons. The summed E-state index contributed by atoms with van der Waals surface area (Å²) in [5.41, 5.74) is 4.09. The topological polar surface area (TPSA) is 65.6 Å². The molecule has 2 aliphatic heterocycles. The molecule has 0 unspecified atom stereocenters. The zero-order valence-electron chi connectivity index (χ0n) is 18.9. The minimum Gasteiger partial charge on any atom is -0.494 e. The molecule has 33 heavy (non-hydrogen) atoms. The number of nitrogens with one attached hydrogen (secondary N) is 1. The lowest BCUT2D eigenvalue weighted by molar-refractivity contribution is -0.160. The molecule has 1 N–H and O–H groups in total. The molecule has 6 rings (SSSR count). The van der Waals surface area contributed by atoms with Crippen molar-refractivity contribution in [1.82, 2.24) is 14.8 Å². The number of carbonyl (C=O) groups is 2. The largest absolute Gasteiger partial charge is 0.494 e. The highest BCUT2D eigenvalue weighted by Gasteiger charge is 2.50. The molecule has 2 amide bonds. The number of para-hydroxylation sites is 2. The van der Waals surface area contributed by atoms with Crippen molar-refractivity contribution in [2.24, 2.45) is 0 Å². The molecule has 1 aliphatic carbocycles. The lowest BCUT2D eigenvalue weighted by atomic mass is 9.85. The fourth-order valence-corrected chi connectivity index (χ4v) is 6.13. The Balaban J connectivity index is 1.52. The monoisotopic (exact) mass is 443 g/mol. The maximum Gasteiger partial charge on any atom is 0.246 e. The molecule has 3 aromatic rings. The second kappa shape index (κ2) is 7.94. The van der Waals surface area contributed by atoms with Crippen molar-refractivity contribution >= 4 is 22.7 Å².